The topological polar surface area (TPSA) is 87.2 Å². The van der Waals surface area contributed by atoms with E-state index in [9.17, 15) is 21.6 Å². The highest BCUT2D eigenvalue weighted by Crippen LogP contribution is 2.34. The summed E-state index contributed by atoms with van der Waals surface area (Å²) in [5, 5.41) is 4.37. The number of anilines is 2. The predicted octanol–water partition coefficient (Wildman–Crippen LogP) is 5.30. The van der Waals surface area contributed by atoms with E-state index in [1.165, 1.54) is 12.1 Å². The Balaban J connectivity index is 1.32. The number of nitrogens with zero attached hydrogens (tertiary/aromatic N) is 3. The zero-order valence-electron chi connectivity index (χ0n) is 20.9. The maximum absolute atomic E-state index is 13.3. The Morgan fingerprint density at radius 1 is 0.946 bits per heavy atom. The molecule has 0 spiro atoms. The molecule has 1 heterocycles. The van der Waals surface area contributed by atoms with Gasteiger partial charge in [-0.25, -0.2) is 18.1 Å². The molecule has 2 N–H and O–H groups in total. The van der Waals surface area contributed by atoms with Gasteiger partial charge in [-0.2, -0.15) is 18.2 Å². The fourth-order valence-corrected chi connectivity index (χ4v) is 6.04. The average molecular weight is 536 g/mol. The summed E-state index contributed by atoms with van der Waals surface area (Å²) >= 11 is 0. The van der Waals surface area contributed by atoms with Gasteiger partial charge in [-0.1, -0.05) is 24.3 Å². The summed E-state index contributed by atoms with van der Waals surface area (Å²) in [6.07, 6.45) is -1.39. The van der Waals surface area contributed by atoms with Gasteiger partial charge in [-0.3, -0.25) is 0 Å². The largest absolute Gasteiger partial charge is 0.417 e. The lowest BCUT2D eigenvalue weighted by molar-refractivity contribution is -0.139. The molecule has 1 aliphatic carbocycles. The molecule has 0 unspecified atom stereocenters. The summed E-state index contributed by atoms with van der Waals surface area (Å²) in [7, 11) is -2.27. The molecule has 37 heavy (non-hydrogen) atoms. The zero-order valence-corrected chi connectivity index (χ0v) is 21.7. The van der Waals surface area contributed by atoms with E-state index in [4.69, 9.17) is 4.98 Å². The Labute approximate surface area is 215 Å². The first kappa shape index (κ1) is 27.1. The molecule has 0 atom stereocenters. The predicted molar refractivity (Wildman–Crippen MR) is 139 cm³/mol. The van der Waals surface area contributed by atoms with Crippen LogP contribution in [0, 0.1) is 11.8 Å². The number of aromatic nitrogens is 2. The minimum absolute atomic E-state index is 0.0748. The van der Waals surface area contributed by atoms with Crippen molar-refractivity contribution in [1.82, 2.24) is 14.7 Å². The third-order valence-corrected chi connectivity index (χ3v) is 8.46. The van der Waals surface area contributed by atoms with Gasteiger partial charge >= 0.3 is 6.18 Å². The molecular weight excluding hydrogens is 503 g/mol. The van der Waals surface area contributed by atoms with Gasteiger partial charge in [-0.05, 0) is 68.7 Å². The first-order valence-electron chi connectivity index (χ1n) is 12.5. The molecule has 3 aromatic rings. The minimum atomic E-state index is -4.74. The molecule has 1 fully saturated rings. The van der Waals surface area contributed by atoms with Gasteiger partial charge in [0.15, 0.2) is 0 Å². The van der Waals surface area contributed by atoms with Crippen molar-refractivity contribution in [3.8, 4) is 0 Å². The van der Waals surface area contributed by atoms with Crippen molar-refractivity contribution in [2.45, 2.75) is 43.7 Å². The molecule has 0 amide bonds. The molecular formula is C26H32F3N5O2S. The number of rotatable bonds is 9. The Kier molecular flexibility index (Phi) is 8.23. The molecule has 11 heteroatoms. The van der Waals surface area contributed by atoms with Gasteiger partial charge in [0.05, 0.1) is 16.0 Å². The summed E-state index contributed by atoms with van der Waals surface area (Å²) in [6, 6.07) is 12.2. The highest BCUT2D eigenvalue weighted by atomic mass is 32.2. The lowest BCUT2D eigenvalue weighted by atomic mass is 9.82. The molecule has 0 radical (unpaired) electrons. The Morgan fingerprint density at radius 3 is 2.24 bits per heavy atom. The van der Waals surface area contributed by atoms with E-state index >= 15 is 0 Å². The normalized spacial score (nSPS) is 18.6. The van der Waals surface area contributed by atoms with Crippen LogP contribution in [-0.4, -0.2) is 45.1 Å². The van der Waals surface area contributed by atoms with Crippen LogP contribution in [0.3, 0.4) is 0 Å². The van der Waals surface area contributed by atoms with Gasteiger partial charge in [0.25, 0.3) is 0 Å². The Morgan fingerprint density at radius 2 is 1.57 bits per heavy atom. The quantitative estimate of drug-likeness (QED) is 0.387. The number of halogens is 3. The third kappa shape index (κ3) is 6.51. The lowest BCUT2D eigenvalue weighted by Crippen LogP contribution is -2.33. The highest BCUT2D eigenvalue weighted by Gasteiger charge is 2.37. The van der Waals surface area contributed by atoms with Crippen LogP contribution < -0.4 is 14.9 Å². The van der Waals surface area contributed by atoms with E-state index in [1.807, 2.05) is 31.3 Å². The van der Waals surface area contributed by atoms with Crippen LogP contribution in [0.1, 0.15) is 38.2 Å². The molecule has 2 aromatic carbocycles. The molecule has 0 aliphatic heterocycles. The molecule has 1 aliphatic rings. The molecule has 4 rings (SSSR count). The van der Waals surface area contributed by atoms with Gasteiger partial charge in [0.1, 0.15) is 5.82 Å². The number of hydrogen-bond acceptors (Lipinski definition) is 6. The Hall–Kier alpha value is -2.92. The first-order valence-corrected chi connectivity index (χ1v) is 13.9. The molecule has 1 aromatic heterocycles. The number of benzene rings is 2. The van der Waals surface area contributed by atoms with Crippen molar-refractivity contribution in [2.75, 3.05) is 36.9 Å². The summed E-state index contributed by atoms with van der Waals surface area (Å²) in [4.78, 5) is 10.7. The van der Waals surface area contributed by atoms with E-state index in [2.05, 4.69) is 26.8 Å². The number of para-hydroxylation sites is 1. The van der Waals surface area contributed by atoms with Crippen LogP contribution in [0.4, 0.5) is 24.9 Å². The summed E-state index contributed by atoms with van der Waals surface area (Å²) < 4.78 is 67.4. The van der Waals surface area contributed by atoms with E-state index < -0.39 is 26.7 Å². The number of fused-ring (bicyclic) bond motifs is 1. The SMILES string of the molecule is CCN(C)c1nc(NCC2CCC(CNS(=O)(=O)c3ccccc3C(F)(F)F)CC2)nc2ccccc12. The summed E-state index contributed by atoms with van der Waals surface area (Å²) in [6.45, 7) is 3.70. The van der Waals surface area contributed by atoms with Gasteiger partial charge in [0, 0.05) is 32.1 Å². The number of sulfonamides is 1. The molecule has 0 saturated heterocycles. The van der Waals surface area contributed by atoms with E-state index in [1.54, 1.807) is 0 Å². The fraction of sp³-hybridized carbons (Fsp3) is 0.462. The second kappa shape index (κ2) is 11.2. The van der Waals surface area contributed by atoms with E-state index in [0.717, 1.165) is 61.1 Å². The zero-order chi connectivity index (χ0) is 26.6. The molecule has 0 bridgehead atoms. The number of alkyl halides is 3. The van der Waals surface area contributed by atoms with Gasteiger partial charge in [-0.15, -0.1) is 0 Å². The second-order valence-electron chi connectivity index (χ2n) is 9.52. The second-order valence-corrected chi connectivity index (χ2v) is 11.3. The van der Waals surface area contributed by atoms with Crippen LogP contribution in [-0.2, 0) is 16.2 Å². The minimum Gasteiger partial charge on any atom is -0.359 e. The van der Waals surface area contributed by atoms with Gasteiger partial charge < -0.3 is 10.2 Å². The van der Waals surface area contributed by atoms with E-state index in [-0.39, 0.29) is 12.5 Å². The standard InChI is InChI=1S/C26H32F3N5O2S/c1-3-34(2)24-20-8-4-6-10-22(20)32-25(33-24)30-16-18-12-14-19(15-13-18)17-31-37(35,36)23-11-7-5-9-21(23)26(27,28)29/h4-11,18-19,31H,3,12-17H2,1-2H3,(H,30,32,33). The van der Waals surface area contributed by atoms with Crippen LogP contribution in [0.15, 0.2) is 53.4 Å². The number of nitrogens with one attached hydrogen (secondary N) is 2. The summed E-state index contributed by atoms with van der Waals surface area (Å²) in [5.41, 5.74) is -0.278. The lowest BCUT2D eigenvalue weighted by Gasteiger charge is -2.29. The molecule has 7 nitrogen and oxygen atoms in total. The van der Waals surface area contributed by atoms with Crippen LogP contribution in [0.2, 0.25) is 0 Å². The van der Waals surface area contributed by atoms with Crippen molar-refractivity contribution in [3.63, 3.8) is 0 Å². The van der Waals surface area contributed by atoms with Crippen molar-refractivity contribution in [1.29, 1.82) is 0 Å². The van der Waals surface area contributed by atoms with Crippen molar-refractivity contribution in [2.24, 2.45) is 11.8 Å². The van der Waals surface area contributed by atoms with Crippen LogP contribution in [0.5, 0.6) is 0 Å². The Bertz CT molecular complexity index is 1330. The average Bonchev–Trinajstić information content (AvgIpc) is 2.90. The van der Waals surface area contributed by atoms with E-state index in [0.29, 0.717) is 18.4 Å². The first-order chi connectivity index (χ1) is 17.6. The van der Waals surface area contributed by atoms with Crippen LogP contribution in [0.25, 0.3) is 10.9 Å². The molecule has 1 saturated carbocycles. The monoisotopic (exact) mass is 535 g/mol. The smallest absolute Gasteiger partial charge is 0.359 e. The summed E-state index contributed by atoms with van der Waals surface area (Å²) in [5.74, 6) is 1.90. The number of hydrogen-bond donors (Lipinski definition) is 2. The fourth-order valence-electron chi connectivity index (χ4n) is 4.70. The highest BCUT2D eigenvalue weighted by molar-refractivity contribution is 7.89. The van der Waals surface area contributed by atoms with Crippen molar-refractivity contribution in [3.05, 3.63) is 54.1 Å². The van der Waals surface area contributed by atoms with Crippen molar-refractivity contribution < 1.29 is 21.6 Å². The van der Waals surface area contributed by atoms with Crippen LogP contribution >= 0.6 is 0 Å². The third-order valence-electron chi connectivity index (χ3n) is 6.98. The molecule has 200 valence electrons. The maximum atomic E-state index is 13.3. The maximum Gasteiger partial charge on any atom is 0.417 e. The van der Waals surface area contributed by atoms with Crippen molar-refractivity contribution >= 4 is 32.7 Å². The van der Waals surface area contributed by atoms with Gasteiger partial charge in [0.2, 0.25) is 16.0 Å².